The van der Waals surface area contributed by atoms with Crippen LogP contribution in [0.5, 0.6) is 0 Å². The number of sulfonamides is 1. The molecule has 0 aromatic carbocycles. The minimum absolute atomic E-state index is 0.187. The summed E-state index contributed by atoms with van der Waals surface area (Å²) in [5, 5.41) is 15.5. The van der Waals surface area contributed by atoms with Crippen LogP contribution in [0.2, 0.25) is 0 Å². The Balaban J connectivity index is 3.39. The number of hydrogen-bond acceptors (Lipinski definition) is 5. The highest BCUT2D eigenvalue weighted by Crippen LogP contribution is 2.10. The molecule has 1 heterocycles. The van der Waals surface area contributed by atoms with E-state index in [1.54, 1.807) is 6.07 Å². The highest BCUT2D eigenvalue weighted by molar-refractivity contribution is 7.89. The van der Waals surface area contributed by atoms with Crippen LogP contribution in [-0.4, -0.2) is 13.6 Å². The summed E-state index contributed by atoms with van der Waals surface area (Å²) < 4.78 is 25.4. The van der Waals surface area contributed by atoms with Gasteiger partial charge in [-0.15, -0.1) is 0 Å². The molecule has 1 aromatic rings. The van der Waals surface area contributed by atoms with Gasteiger partial charge in [0.1, 0.15) is 11.6 Å². The molecule has 7 heteroatoms. The first kappa shape index (κ1) is 7.71. The molecular weight excluding hydrogens is 170 g/mol. The lowest BCUT2D eigenvalue weighted by Gasteiger charge is -1.87. The number of nitrogens with zero attached hydrogens (tertiary/aromatic N) is 2. The second-order valence-corrected chi connectivity index (χ2v) is 3.14. The fraction of sp³-hybridized carbons (Fsp3) is 0. The monoisotopic (exact) mass is 173 g/mol. The molecule has 0 unspecified atom stereocenters. The van der Waals surface area contributed by atoms with E-state index in [0.717, 1.165) is 6.20 Å². The highest BCUT2D eigenvalue weighted by Gasteiger charge is 2.18. The van der Waals surface area contributed by atoms with E-state index >= 15 is 0 Å². The third-order valence-electron chi connectivity index (χ3n) is 0.916. The fourth-order valence-electron chi connectivity index (χ4n) is 0.509. The van der Waals surface area contributed by atoms with Crippen LogP contribution in [0.4, 0.5) is 0 Å². The van der Waals surface area contributed by atoms with Crippen LogP contribution in [0, 0.1) is 11.3 Å². The number of aromatic nitrogens is 1. The summed E-state index contributed by atoms with van der Waals surface area (Å²) in [6.45, 7) is 0. The Morgan fingerprint density at radius 3 is 2.73 bits per heavy atom. The minimum Gasteiger partial charge on any atom is -0.342 e. The molecule has 2 N–H and O–H groups in total. The maximum atomic E-state index is 10.6. The van der Waals surface area contributed by atoms with Crippen LogP contribution in [0.15, 0.2) is 15.8 Å². The van der Waals surface area contributed by atoms with Gasteiger partial charge in [0, 0.05) is 0 Å². The van der Waals surface area contributed by atoms with E-state index in [4.69, 9.17) is 5.26 Å². The van der Waals surface area contributed by atoms with Gasteiger partial charge in [-0.1, -0.05) is 5.16 Å². The zero-order valence-corrected chi connectivity index (χ0v) is 6.00. The summed E-state index contributed by atoms with van der Waals surface area (Å²) in [5.74, 6) is 0. The van der Waals surface area contributed by atoms with E-state index < -0.39 is 15.1 Å². The summed E-state index contributed by atoms with van der Waals surface area (Å²) >= 11 is 0. The molecule has 0 bridgehead atoms. The maximum Gasteiger partial charge on any atom is 0.283 e. The van der Waals surface area contributed by atoms with Gasteiger partial charge in [-0.25, -0.2) is 13.6 Å². The minimum atomic E-state index is -3.95. The molecule has 0 saturated carbocycles. The Morgan fingerprint density at radius 2 is 2.36 bits per heavy atom. The quantitative estimate of drug-likeness (QED) is 0.597. The molecular formula is C4H3N3O3S. The number of rotatable bonds is 1. The largest absolute Gasteiger partial charge is 0.342 e. The Morgan fingerprint density at radius 1 is 1.73 bits per heavy atom. The Labute approximate surface area is 62.3 Å². The van der Waals surface area contributed by atoms with E-state index in [9.17, 15) is 8.42 Å². The number of primary sulfonamides is 1. The molecule has 0 fully saturated rings. The molecule has 1 rings (SSSR count). The summed E-state index contributed by atoms with van der Waals surface area (Å²) in [6.07, 6.45) is 0.986. The zero-order valence-electron chi connectivity index (χ0n) is 5.18. The Hall–Kier alpha value is -1.39. The molecule has 0 spiro atoms. The van der Waals surface area contributed by atoms with Crippen LogP contribution in [-0.2, 0) is 10.0 Å². The van der Waals surface area contributed by atoms with Crippen molar-refractivity contribution in [3.05, 3.63) is 11.8 Å². The van der Waals surface area contributed by atoms with E-state index in [1.807, 2.05) is 0 Å². The molecule has 0 aliphatic rings. The smallest absolute Gasteiger partial charge is 0.283 e. The lowest BCUT2D eigenvalue weighted by atomic mass is 10.4. The summed E-state index contributed by atoms with van der Waals surface area (Å²) in [7, 11) is -3.95. The average Bonchev–Trinajstić information content (AvgIpc) is 2.31. The third-order valence-corrected chi connectivity index (χ3v) is 1.73. The van der Waals surface area contributed by atoms with Crippen molar-refractivity contribution < 1.29 is 12.9 Å². The van der Waals surface area contributed by atoms with Gasteiger partial charge in [-0.05, 0) is 0 Å². The average molecular weight is 173 g/mol. The normalized spacial score (nSPS) is 10.9. The number of nitriles is 1. The Kier molecular flexibility index (Phi) is 1.64. The van der Waals surface area contributed by atoms with Gasteiger partial charge < -0.3 is 4.52 Å². The van der Waals surface area contributed by atoms with E-state index in [2.05, 4.69) is 14.8 Å². The van der Waals surface area contributed by atoms with Crippen molar-refractivity contribution in [2.75, 3.05) is 0 Å². The number of hydrogen-bond donors (Lipinski definition) is 1. The lowest BCUT2D eigenvalue weighted by Crippen LogP contribution is -2.12. The van der Waals surface area contributed by atoms with Crippen LogP contribution < -0.4 is 5.14 Å². The summed E-state index contributed by atoms with van der Waals surface area (Å²) in [6, 6.07) is 1.57. The van der Waals surface area contributed by atoms with Crippen LogP contribution >= 0.6 is 0 Å². The van der Waals surface area contributed by atoms with Gasteiger partial charge in [-0.2, -0.15) is 5.26 Å². The van der Waals surface area contributed by atoms with Crippen LogP contribution in [0.3, 0.4) is 0 Å². The van der Waals surface area contributed by atoms with Crippen molar-refractivity contribution >= 4 is 10.0 Å². The van der Waals surface area contributed by atoms with Crippen LogP contribution in [0.1, 0.15) is 5.56 Å². The van der Waals surface area contributed by atoms with Crippen molar-refractivity contribution in [1.82, 2.24) is 5.16 Å². The predicted molar refractivity (Wildman–Crippen MR) is 32.6 cm³/mol. The molecule has 11 heavy (non-hydrogen) atoms. The molecule has 0 saturated heterocycles. The lowest BCUT2D eigenvalue weighted by molar-refractivity contribution is 0.338. The van der Waals surface area contributed by atoms with Crippen molar-refractivity contribution in [2.45, 2.75) is 5.09 Å². The summed E-state index contributed by atoms with van der Waals surface area (Å²) in [5.41, 5.74) is -0.187. The molecule has 6 nitrogen and oxygen atoms in total. The first-order valence-corrected chi connectivity index (χ1v) is 3.98. The van der Waals surface area contributed by atoms with E-state index in [1.165, 1.54) is 0 Å². The third kappa shape index (κ3) is 1.36. The molecule has 1 aromatic heterocycles. The van der Waals surface area contributed by atoms with Gasteiger partial charge in [-0.3, -0.25) is 0 Å². The molecule has 0 amide bonds. The van der Waals surface area contributed by atoms with Gasteiger partial charge in [0.25, 0.3) is 15.1 Å². The SMILES string of the molecule is N#Cc1cnoc1S(N)(=O)=O. The van der Waals surface area contributed by atoms with Gasteiger partial charge in [0.15, 0.2) is 0 Å². The van der Waals surface area contributed by atoms with Crippen molar-refractivity contribution in [1.29, 1.82) is 5.26 Å². The molecule has 0 aliphatic carbocycles. The van der Waals surface area contributed by atoms with Gasteiger partial charge in [0.2, 0.25) is 0 Å². The van der Waals surface area contributed by atoms with E-state index in [0.29, 0.717) is 0 Å². The standard InChI is InChI=1S/C4H3N3O3S/c5-1-3-2-7-10-4(3)11(6,8)9/h2H,(H2,6,8,9). The topological polar surface area (TPSA) is 110 Å². The molecule has 0 aliphatic heterocycles. The van der Waals surface area contributed by atoms with Crippen molar-refractivity contribution in [3.63, 3.8) is 0 Å². The molecule has 0 atom stereocenters. The first-order valence-electron chi connectivity index (χ1n) is 2.43. The predicted octanol–water partition coefficient (Wildman–Crippen LogP) is -0.806. The number of nitrogens with two attached hydrogens (primary N) is 1. The van der Waals surface area contributed by atoms with Crippen molar-refractivity contribution in [2.24, 2.45) is 5.14 Å². The van der Waals surface area contributed by atoms with Gasteiger partial charge in [0.05, 0.1) is 6.20 Å². The summed E-state index contributed by atoms with van der Waals surface area (Å²) in [4.78, 5) is 0. The molecule has 0 radical (unpaired) electrons. The van der Waals surface area contributed by atoms with Crippen LogP contribution in [0.25, 0.3) is 0 Å². The van der Waals surface area contributed by atoms with Crippen molar-refractivity contribution in [3.8, 4) is 6.07 Å². The second kappa shape index (κ2) is 2.34. The first-order chi connectivity index (χ1) is 5.05. The zero-order chi connectivity index (χ0) is 8.48. The van der Waals surface area contributed by atoms with Gasteiger partial charge >= 0.3 is 0 Å². The second-order valence-electron chi connectivity index (χ2n) is 1.68. The molecule has 58 valence electrons. The fourth-order valence-corrected chi connectivity index (χ4v) is 1.06. The maximum absolute atomic E-state index is 10.6. The van der Waals surface area contributed by atoms with E-state index in [-0.39, 0.29) is 5.56 Å². The highest BCUT2D eigenvalue weighted by atomic mass is 32.2. The Bertz CT molecular complexity index is 398.